The summed E-state index contributed by atoms with van der Waals surface area (Å²) in [6, 6.07) is 14.4. The zero-order valence-corrected chi connectivity index (χ0v) is 11.0. The van der Waals surface area contributed by atoms with E-state index in [1.807, 2.05) is 12.1 Å². The van der Waals surface area contributed by atoms with Gasteiger partial charge >= 0.3 is 5.97 Å². The van der Waals surface area contributed by atoms with Gasteiger partial charge in [0, 0.05) is 0 Å². The Morgan fingerprint density at radius 2 is 1.95 bits per heavy atom. The van der Waals surface area contributed by atoms with Crippen molar-refractivity contribution >= 4 is 16.7 Å². The normalized spacial score (nSPS) is 12.3. The van der Waals surface area contributed by atoms with Gasteiger partial charge in [0.15, 0.2) is 0 Å². The predicted octanol–water partition coefficient (Wildman–Crippen LogP) is 2.70. The highest BCUT2D eigenvalue weighted by atomic mass is 16.5. The highest BCUT2D eigenvalue weighted by Crippen LogP contribution is 2.17. The minimum absolute atomic E-state index is 0.0596. The molecule has 0 amide bonds. The van der Waals surface area contributed by atoms with Gasteiger partial charge in [-0.05, 0) is 29.2 Å². The summed E-state index contributed by atoms with van der Waals surface area (Å²) in [5.74, 6) is -0.369. The Labute approximate surface area is 112 Å². The molecule has 0 aliphatic carbocycles. The van der Waals surface area contributed by atoms with E-state index in [1.165, 1.54) is 23.4 Å². The van der Waals surface area contributed by atoms with Crippen LogP contribution in [0.5, 0.6) is 0 Å². The third-order valence-corrected chi connectivity index (χ3v) is 3.21. The number of hydrogen-bond donors (Lipinski definition) is 1. The van der Waals surface area contributed by atoms with Crippen molar-refractivity contribution in [2.45, 2.75) is 25.4 Å². The summed E-state index contributed by atoms with van der Waals surface area (Å²) in [6.45, 7) is 0. The fraction of sp³-hybridized carbons (Fsp3) is 0.312. The number of benzene rings is 2. The molecular formula is C16H18O3. The van der Waals surface area contributed by atoms with Crippen molar-refractivity contribution in [2.75, 3.05) is 7.11 Å². The Bertz CT molecular complexity index is 563. The van der Waals surface area contributed by atoms with Gasteiger partial charge in [-0.25, -0.2) is 0 Å². The Balaban J connectivity index is 1.96. The molecule has 0 aliphatic heterocycles. The van der Waals surface area contributed by atoms with Crippen LogP contribution in [0.1, 0.15) is 18.4 Å². The molecule has 0 spiro atoms. The van der Waals surface area contributed by atoms with Crippen LogP contribution < -0.4 is 0 Å². The zero-order valence-electron chi connectivity index (χ0n) is 11.0. The minimum Gasteiger partial charge on any atom is -0.469 e. The van der Waals surface area contributed by atoms with Crippen LogP contribution in [0.25, 0.3) is 10.8 Å². The van der Waals surface area contributed by atoms with Gasteiger partial charge in [-0.3, -0.25) is 4.79 Å². The maximum absolute atomic E-state index is 11.0. The van der Waals surface area contributed by atoms with Gasteiger partial charge in [0.05, 0.1) is 19.6 Å². The first kappa shape index (κ1) is 13.6. The van der Waals surface area contributed by atoms with Gasteiger partial charge < -0.3 is 9.84 Å². The van der Waals surface area contributed by atoms with E-state index in [4.69, 9.17) is 0 Å². The molecule has 100 valence electrons. The Morgan fingerprint density at radius 1 is 1.21 bits per heavy atom. The number of carbonyl (C=O) groups excluding carboxylic acids is 1. The van der Waals surface area contributed by atoms with E-state index in [0.29, 0.717) is 6.42 Å². The molecule has 1 unspecified atom stereocenters. The van der Waals surface area contributed by atoms with Crippen LogP contribution in [0.2, 0.25) is 0 Å². The summed E-state index contributed by atoms with van der Waals surface area (Å²) < 4.78 is 4.53. The molecule has 2 rings (SSSR count). The molecule has 2 aromatic carbocycles. The molecule has 0 saturated carbocycles. The van der Waals surface area contributed by atoms with Crippen LogP contribution in [0.15, 0.2) is 42.5 Å². The topological polar surface area (TPSA) is 46.5 Å². The van der Waals surface area contributed by atoms with Gasteiger partial charge in [0.25, 0.3) is 0 Å². The number of fused-ring (bicyclic) bond motifs is 1. The summed E-state index contributed by atoms with van der Waals surface area (Å²) in [5.41, 5.74) is 1.17. The molecule has 0 fully saturated rings. The number of ether oxygens (including phenoxy) is 1. The smallest absolute Gasteiger partial charge is 0.308 e. The third kappa shape index (κ3) is 3.80. The number of carbonyl (C=O) groups is 1. The number of rotatable bonds is 5. The standard InChI is InChI=1S/C16H18O3/c1-19-16(18)11-15(17)9-7-12-6-8-13-4-2-3-5-14(13)10-12/h2-6,8,10,15,17H,7,9,11H2,1H3. The first-order valence-corrected chi connectivity index (χ1v) is 6.41. The highest BCUT2D eigenvalue weighted by Gasteiger charge is 2.10. The second-order valence-electron chi connectivity index (χ2n) is 4.65. The van der Waals surface area contributed by atoms with E-state index in [2.05, 4.69) is 35.1 Å². The van der Waals surface area contributed by atoms with Crippen molar-refractivity contribution in [3.8, 4) is 0 Å². The molecular weight excluding hydrogens is 240 g/mol. The van der Waals surface area contributed by atoms with E-state index in [0.717, 1.165) is 6.42 Å². The Kier molecular flexibility index (Phi) is 4.53. The highest BCUT2D eigenvalue weighted by molar-refractivity contribution is 5.82. The summed E-state index contributed by atoms with van der Waals surface area (Å²) in [6.07, 6.45) is 0.736. The molecule has 2 aromatic rings. The average molecular weight is 258 g/mol. The summed E-state index contributed by atoms with van der Waals surface area (Å²) in [7, 11) is 1.33. The van der Waals surface area contributed by atoms with E-state index < -0.39 is 6.10 Å². The largest absolute Gasteiger partial charge is 0.469 e. The van der Waals surface area contributed by atoms with Gasteiger partial charge in [-0.1, -0.05) is 42.5 Å². The molecule has 0 bridgehead atoms. The van der Waals surface area contributed by atoms with Gasteiger partial charge in [-0.15, -0.1) is 0 Å². The molecule has 0 aliphatic rings. The number of hydrogen-bond acceptors (Lipinski definition) is 3. The van der Waals surface area contributed by atoms with E-state index in [1.54, 1.807) is 0 Å². The maximum atomic E-state index is 11.0. The average Bonchev–Trinajstić information content (AvgIpc) is 2.44. The number of aliphatic hydroxyl groups excluding tert-OH is 1. The van der Waals surface area contributed by atoms with Crippen molar-refractivity contribution in [2.24, 2.45) is 0 Å². The molecule has 1 N–H and O–H groups in total. The molecule has 3 heteroatoms. The molecule has 19 heavy (non-hydrogen) atoms. The van der Waals surface area contributed by atoms with Gasteiger partial charge in [0.2, 0.25) is 0 Å². The van der Waals surface area contributed by atoms with Crippen LogP contribution in [-0.2, 0) is 16.0 Å². The van der Waals surface area contributed by atoms with Crippen LogP contribution in [0.3, 0.4) is 0 Å². The second kappa shape index (κ2) is 6.34. The first-order chi connectivity index (χ1) is 9.19. The summed E-state index contributed by atoms with van der Waals surface area (Å²) in [5, 5.41) is 12.1. The van der Waals surface area contributed by atoms with Crippen LogP contribution in [0, 0.1) is 0 Å². The lowest BCUT2D eigenvalue weighted by molar-refractivity contribution is -0.142. The summed E-state index contributed by atoms with van der Waals surface area (Å²) in [4.78, 5) is 11.0. The molecule has 0 heterocycles. The second-order valence-corrected chi connectivity index (χ2v) is 4.65. The lowest BCUT2D eigenvalue weighted by Crippen LogP contribution is -2.15. The van der Waals surface area contributed by atoms with Crippen LogP contribution >= 0.6 is 0 Å². The number of esters is 1. The number of aliphatic hydroxyl groups is 1. The molecule has 1 atom stereocenters. The maximum Gasteiger partial charge on any atom is 0.308 e. The molecule has 0 aromatic heterocycles. The van der Waals surface area contributed by atoms with Gasteiger partial charge in [0.1, 0.15) is 0 Å². The van der Waals surface area contributed by atoms with Crippen molar-refractivity contribution in [3.05, 3.63) is 48.0 Å². The van der Waals surface area contributed by atoms with Gasteiger partial charge in [-0.2, -0.15) is 0 Å². The quantitative estimate of drug-likeness (QED) is 0.839. The lowest BCUT2D eigenvalue weighted by Gasteiger charge is -2.09. The Hall–Kier alpha value is -1.87. The summed E-state index contributed by atoms with van der Waals surface area (Å²) >= 11 is 0. The SMILES string of the molecule is COC(=O)CC(O)CCc1ccc2ccccc2c1. The number of aryl methyl sites for hydroxylation is 1. The molecule has 0 saturated heterocycles. The zero-order chi connectivity index (χ0) is 13.7. The van der Waals surface area contributed by atoms with E-state index in [9.17, 15) is 9.90 Å². The lowest BCUT2D eigenvalue weighted by atomic mass is 10.0. The van der Waals surface area contributed by atoms with Crippen LogP contribution in [-0.4, -0.2) is 24.3 Å². The Morgan fingerprint density at radius 3 is 2.68 bits per heavy atom. The fourth-order valence-electron chi connectivity index (χ4n) is 2.11. The van der Waals surface area contributed by atoms with E-state index in [-0.39, 0.29) is 12.4 Å². The fourth-order valence-corrected chi connectivity index (χ4v) is 2.11. The molecule has 0 radical (unpaired) electrons. The minimum atomic E-state index is -0.640. The van der Waals surface area contributed by atoms with Crippen molar-refractivity contribution < 1.29 is 14.6 Å². The molecule has 3 nitrogen and oxygen atoms in total. The first-order valence-electron chi connectivity index (χ1n) is 6.41. The van der Waals surface area contributed by atoms with Crippen molar-refractivity contribution in [1.29, 1.82) is 0 Å². The monoisotopic (exact) mass is 258 g/mol. The third-order valence-electron chi connectivity index (χ3n) is 3.21. The predicted molar refractivity (Wildman–Crippen MR) is 74.9 cm³/mol. The van der Waals surface area contributed by atoms with E-state index >= 15 is 0 Å². The number of methoxy groups -OCH3 is 1. The van der Waals surface area contributed by atoms with Crippen molar-refractivity contribution in [3.63, 3.8) is 0 Å². The van der Waals surface area contributed by atoms with Crippen LogP contribution in [0.4, 0.5) is 0 Å². The van der Waals surface area contributed by atoms with Crippen molar-refractivity contribution in [1.82, 2.24) is 0 Å².